The minimum Gasteiger partial charge on any atom is -0.328 e. The molecule has 2 rings (SSSR count). The first-order valence-electron chi connectivity index (χ1n) is 5.59. The van der Waals surface area contributed by atoms with Gasteiger partial charge >= 0.3 is 0 Å². The lowest BCUT2D eigenvalue weighted by atomic mass is 10.1. The monoisotopic (exact) mass is 308 g/mol. The van der Waals surface area contributed by atoms with Crippen molar-refractivity contribution >= 4 is 34.7 Å². The van der Waals surface area contributed by atoms with E-state index in [2.05, 4.69) is 17.9 Å². The van der Waals surface area contributed by atoms with Gasteiger partial charge in [0.05, 0.1) is 10.6 Å². The van der Waals surface area contributed by atoms with E-state index in [1.165, 1.54) is 6.07 Å². The highest BCUT2D eigenvalue weighted by Gasteiger charge is 2.15. The van der Waals surface area contributed by atoms with Crippen LogP contribution in [0.2, 0.25) is 0 Å². The lowest BCUT2D eigenvalue weighted by molar-refractivity contribution is -0.105. The summed E-state index contributed by atoms with van der Waals surface area (Å²) in [7, 11) is -3.81. The number of primary sulfonamides is 1. The molecule has 1 amide bonds. The van der Waals surface area contributed by atoms with Crippen molar-refractivity contribution in [3.8, 4) is 11.1 Å². The van der Waals surface area contributed by atoms with E-state index in [9.17, 15) is 13.2 Å². The molecule has 0 bridgehead atoms. The fourth-order valence-electron chi connectivity index (χ4n) is 1.84. The summed E-state index contributed by atoms with van der Waals surface area (Å²) < 4.78 is 23.2. The van der Waals surface area contributed by atoms with Gasteiger partial charge < -0.3 is 5.32 Å². The van der Waals surface area contributed by atoms with Crippen LogP contribution in [0.5, 0.6) is 0 Å². The fourth-order valence-corrected chi connectivity index (χ4v) is 2.88. The van der Waals surface area contributed by atoms with E-state index >= 15 is 0 Å². The third-order valence-corrected chi connectivity index (χ3v) is 4.06. The van der Waals surface area contributed by atoms with Crippen LogP contribution in [0, 0.1) is 0 Å². The van der Waals surface area contributed by atoms with Gasteiger partial charge in [0.25, 0.3) is 0 Å². The number of anilines is 1. The molecule has 0 spiro atoms. The Kier molecular flexibility index (Phi) is 4.12. The number of carbonyl (C=O) groups excluding carboxylic acids is 1. The summed E-state index contributed by atoms with van der Waals surface area (Å²) in [6.07, 6.45) is 0.549. The third kappa shape index (κ3) is 3.01. The highest BCUT2D eigenvalue weighted by atomic mass is 32.2. The standard InChI is InChI=1S/C13H12N2O3S2/c14-20(17,18)13-4-2-1-3-10(13)9-5-6-11(15-8-16)12(19)7-9/h1-8,19H,(H,15,16)(H2,14,17,18). The Morgan fingerprint density at radius 1 is 1.15 bits per heavy atom. The Morgan fingerprint density at radius 2 is 1.85 bits per heavy atom. The first-order chi connectivity index (χ1) is 9.43. The third-order valence-electron chi connectivity index (χ3n) is 2.72. The van der Waals surface area contributed by atoms with Gasteiger partial charge in [-0.2, -0.15) is 0 Å². The van der Waals surface area contributed by atoms with Gasteiger partial charge in [-0.3, -0.25) is 4.79 Å². The Labute approximate surface area is 122 Å². The molecule has 0 saturated heterocycles. The van der Waals surface area contributed by atoms with E-state index in [1.807, 2.05) is 0 Å². The van der Waals surface area contributed by atoms with Gasteiger partial charge in [-0.25, -0.2) is 13.6 Å². The van der Waals surface area contributed by atoms with Crippen LogP contribution < -0.4 is 10.5 Å². The number of nitrogens with one attached hydrogen (secondary N) is 1. The van der Waals surface area contributed by atoms with Crippen LogP contribution in [0.25, 0.3) is 11.1 Å². The smallest absolute Gasteiger partial charge is 0.238 e. The molecule has 0 radical (unpaired) electrons. The summed E-state index contributed by atoms with van der Waals surface area (Å²) in [5, 5.41) is 7.70. The molecule has 2 aromatic rings. The number of amides is 1. The molecular weight excluding hydrogens is 296 g/mol. The molecule has 0 heterocycles. The van der Waals surface area contributed by atoms with E-state index in [0.29, 0.717) is 28.1 Å². The second-order valence-corrected chi connectivity index (χ2v) is 6.05. The molecule has 20 heavy (non-hydrogen) atoms. The Morgan fingerprint density at radius 3 is 2.45 bits per heavy atom. The zero-order valence-corrected chi connectivity index (χ0v) is 12.0. The van der Waals surface area contributed by atoms with E-state index in [-0.39, 0.29) is 4.90 Å². The predicted molar refractivity (Wildman–Crippen MR) is 80.2 cm³/mol. The molecule has 104 valence electrons. The summed E-state index contributed by atoms with van der Waals surface area (Å²) in [5.41, 5.74) is 1.68. The van der Waals surface area contributed by atoms with Crippen molar-refractivity contribution in [3.05, 3.63) is 42.5 Å². The minimum atomic E-state index is -3.81. The molecule has 3 N–H and O–H groups in total. The number of nitrogens with two attached hydrogens (primary N) is 1. The van der Waals surface area contributed by atoms with Gasteiger partial charge in [0.2, 0.25) is 16.4 Å². The van der Waals surface area contributed by atoms with Crippen LogP contribution in [0.4, 0.5) is 5.69 Å². The van der Waals surface area contributed by atoms with Crippen LogP contribution in [-0.4, -0.2) is 14.8 Å². The van der Waals surface area contributed by atoms with Crippen LogP contribution in [0.15, 0.2) is 52.3 Å². The quantitative estimate of drug-likeness (QED) is 0.595. The molecular formula is C13H12N2O3S2. The molecule has 0 unspecified atom stereocenters. The van der Waals surface area contributed by atoms with E-state index in [1.54, 1.807) is 36.4 Å². The maximum Gasteiger partial charge on any atom is 0.238 e. The number of hydrogen-bond acceptors (Lipinski definition) is 4. The molecule has 0 saturated carbocycles. The maximum absolute atomic E-state index is 11.6. The predicted octanol–water partition coefficient (Wildman–Crippen LogP) is 1.86. The first-order valence-corrected chi connectivity index (χ1v) is 7.58. The van der Waals surface area contributed by atoms with Gasteiger partial charge in [0.15, 0.2) is 0 Å². The SMILES string of the molecule is NS(=O)(=O)c1ccccc1-c1ccc(NC=O)c(S)c1. The van der Waals surface area contributed by atoms with Gasteiger partial charge in [-0.1, -0.05) is 24.3 Å². The van der Waals surface area contributed by atoms with Crippen LogP contribution in [0.3, 0.4) is 0 Å². The average molecular weight is 308 g/mol. The second kappa shape index (κ2) is 5.66. The van der Waals surface area contributed by atoms with Gasteiger partial charge in [0, 0.05) is 10.5 Å². The first kappa shape index (κ1) is 14.6. The van der Waals surface area contributed by atoms with Crippen molar-refractivity contribution in [2.45, 2.75) is 9.79 Å². The summed E-state index contributed by atoms with van der Waals surface area (Å²) in [5.74, 6) is 0. The van der Waals surface area contributed by atoms with E-state index < -0.39 is 10.0 Å². The minimum absolute atomic E-state index is 0.0452. The van der Waals surface area contributed by atoms with Crippen LogP contribution >= 0.6 is 12.6 Å². The summed E-state index contributed by atoms with van der Waals surface area (Å²) in [4.78, 5) is 11.0. The largest absolute Gasteiger partial charge is 0.328 e. The Balaban J connectivity index is 2.58. The molecule has 0 fully saturated rings. The lowest BCUT2D eigenvalue weighted by Crippen LogP contribution is -2.13. The topological polar surface area (TPSA) is 89.3 Å². The second-order valence-electron chi connectivity index (χ2n) is 4.04. The summed E-state index contributed by atoms with van der Waals surface area (Å²) >= 11 is 4.26. The lowest BCUT2D eigenvalue weighted by Gasteiger charge is -2.10. The van der Waals surface area contributed by atoms with Crippen molar-refractivity contribution in [1.82, 2.24) is 0 Å². The molecule has 7 heteroatoms. The van der Waals surface area contributed by atoms with E-state index in [4.69, 9.17) is 5.14 Å². The van der Waals surface area contributed by atoms with Crippen molar-refractivity contribution in [2.75, 3.05) is 5.32 Å². The summed E-state index contributed by atoms with van der Waals surface area (Å²) in [6, 6.07) is 11.4. The molecule has 0 atom stereocenters. The van der Waals surface area contributed by atoms with Crippen molar-refractivity contribution in [3.63, 3.8) is 0 Å². The van der Waals surface area contributed by atoms with Crippen molar-refractivity contribution in [2.24, 2.45) is 5.14 Å². The Hall–Kier alpha value is -1.83. The molecule has 2 aromatic carbocycles. The highest BCUT2D eigenvalue weighted by molar-refractivity contribution is 7.89. The molecule has 0 aliphatic heterocycles. The average Bonchev–Trinajstić information content (AvgIpc) is 2.40. The van der Waals surface area contributed by atoms with Crippen molar-refractivity contribution in [1.29, 1.82) is 0 Å². The summed E-state index contributed by atoms with van der Waals surface area (Å²) in [6.45, 7) is 0. The van der Waals surface area contributed by atoms with Crippen molar-refractivity contribution < 1.29 is 13.2 Å². The number of benzene rings is 2. The van der Waals surface area contributed by atoms with Gasteiger partial charge in [-0.05, 0) is 23.8 Å². The molecule has 0 aliphatic rings. The van der Waals surface area contributed by atoms with Gasteiger partial charge in [-0.15, -0.1) is 12.6 Å². The number of rotatable bonds is 4. The molecule has 0 aromatic heterocycles. The number of sulfonamides is 1. The molecule has 0 aliphatic carbocycles. The van der Waals surface area contributed by atoms with Gasteiger partial charge in [0.1, 0.15) is 0 Å². The Bertz CT molecular complexity index is 758. The number of carbonyl (C=O) groups is 1. The van der Waals surface area contributed by atoms with Crippen LogP contribution in [-0.2, 0) is 14.8 Å². The number of thiol groups is 1. The maximum atomic E-state index is 11.6. The highest BCUT2D eigenvalue weighted by Crippen LogP contribution is 2.31. The molecule has 5 nitrogen and oxygen atoms in total. The zero-order valence-electron chi connectivity index (χ0n) is 10.3. The normalized spacial score (nSPS) is 11.1. The fraction of sp³-hybridized carbons (Fsp3) is 0. The van der Waals surface area contributed by atoms with Crippen LogP contribution in [0.1, 0.15) is 0 Å². The van der Waals surface area contributed by atoms with E-state index in [0.717, 1.165) is 0 Å². The zero-order chi connectivity index (χ0) is 14.8. The number of hydrogen-bond donors (Lipinski definition) is 3.